The van der Waals surface area contributed by atoms with Gasteiger partial charge in [-0.1, -0.05) is 19.1 Å². The van der Waals surface area contributed by atoms with Gasteiger partial charge in [0.25, 0.3) is 0 Å². The smallest absolute Gasteiger partial charge is 0.169 e. The fourth-order valence-corrected chi connectivity index (χ4v) is 3.84. The Balaban J connectivity index is 1.71. The second-order valence-corrected chi connectivity index (χ2v) is 8.15. The van der Waals surface area contributed by atoms with Crippen LogP contribution < -0.4 is 0 Å². The van der Waals surface area contributed by atoms with Crippen LogP contribution >= 0.6 is 11.3 Å². The molecule has 0 aliphatic carbocycles. The molecule has 0 saturated heterocycles. The van der Waals surface area contributed by atoms with E-state index in [0.29, 0.717) is 6.54 Å². The monoisotopic (exact) mass is 393 g/mol. The van der Waals surface area contributed by atoms with Crippen LogP contribution in [0, 0.1) is 0 Å². The van der Waals surface area contributed by atoms with Gasteiger partial charge in [0.15, 0.2) is 10.8 Å². The summed E-state index contributed by atoms with van der Waals surface area (Å²) in [4.78, 5) is 13.7. The van der Waals surface area contributed by atoms with Crippen molar-refractivity contribution in [3.8, 4) is 10.8 Å². The van der Waals surface area contributed by atoms with Crippen LogP contribution in [0.25, 0.3) is 22.6 Å². The molecule has 0 saturated carbocycles. The van der Waals surface area contributed by atoms with E-state index in [2.05, 4.69) is 32.1 Å². The van der Waals surface area contributed by atoms with Gasteiger partial charge >= 0.3 is 0 Å². The highest BCUT2D eigenvalue weighted by Crippen LogP contribution is 2.23. The minimum atomic E-state index is -0.837. The van der Waals surface area contributed by atoms with Gasteiger partial charge in [0, 0.05) is 35.9 Å². The number of aromatic nitrogens is 5. The highest BCUT2D eigenvalue weighted by molar-refractivity contribution is 7.13. The van der Waals surface area contributed by atoms with Crippen molar-refractivity contribution >= 4 is 23.1 Å². The number of hydrogen-bond donors (Lipinski definition) is 1. The summed E-state index contributed by atoms with van der Waals surface area (Å²) in [6.07, 6.45) is 12.2. The molecule has 4 aromatic heterocycles. The Labute approximate surface area is 167 Å². The van der Waals surface area contributed by atoms with Crippen LogP contribution in [0.15, 0.2) is 48.4 Å². The lowest BCUT2D eigenvalue weighted by molar-refractivity contribution is 0.134. The van der Waals surface area contributed by atoms with E-state index in [9.17, 15) is 5.11 Å². The molecular weight excluding hydrogens is 370 g/mol. The van der Waals surface area contributed by atoms with Crippen molar-refractivity contribution < 1.29 is 5.11 Å². The van der Waals surface area contributed by atoms with E-state index in [1.54, 1.807) is 43.7 Å². The third-order valence-corrected chi connectivity index (χ3v) is 5.27. The summed E-state index contributed by atoms with van der Waals surface area (Å²) in [5, 5.41) is 12.8. The average Bonchev–Trinajstić information content (AvgIpc) is 3.38. The molecule has 0 aromatic carbocycles. The number of pyridine rings is 1. The van der Waals surface area contributed by atoms with Crippen molar-refractivity contribution in [2.75, 3.05) is 0 Å². The highest BCUT2D eigenvalue weighted by Gasteiger charge is 2.15. The van der Waals surface area contributed by atoms with Gasteiger partial charge in [0.2, 0.25) is 0 Å². The lowest BCUT2D eigenvalue weighted by atomic mass is 10.1. The van der Waals surface area contributed by atoms with Gasteiger partial charge in [-0.25, -0.2) is 15.0 Å². The zero-order chi connectivity index (χ0) is 19.7. The number of aliphatic hydroxyl groups is 1. The van der Waals surface area contributed by atoms with Gasteiger partial charge in [-0.15, -0.1) is 11.3 Å². The first-order valence-electron chi connectivity index (χ1n) is 9.27. The van der Waals surface area contributed by atoms with Crippen LogP contribution in [0.3, 0.4) is 0 Å². The molecule has 4 heterocycles. The number of imidazole rings is 2. The SMILES string of the molecule is CCc1c(Cn2ccnc2-c2nccs2)nc2ccc(C=CC(C)(C)O)cn12. The number of nitrogens with zero attached hydrogens (tertiary/aromatic N) is 5. The Bertz CT molecular complexity index is 1120. The van der Waals surface area contributed by atoms with Crippen molar-refractivity contribution in [1.29, 1.82) is 0 Å². The average molecular weight is 394 g/mol. The fourth-order valence-electron chi connectivity index (χ4n) is 3.19. The zero-order valence-electron chi connectivity index (χ0n) is 16.2. The van der Waals surface area contributed by atoms with Crippen molar-refractivity contribution in [3.63, 3.8) is 0 Å². The molecule has 1 N–H and O–H groups in total. The van der Waals surface area contributed by atoms with Crippen molar-refractivity contribution in [2.45, 2.75) is 39.3 Å². The molecular formula is C21H23N5OS. The van der Waals surface area contributed by atoms with E-state index < -0.39 is 5.60 Å². The van der Waals surface area contributed by atoms with Gasteiger partial charge in [-0.3, -0.25) is 0 Å². The summed E-state index contributed by atoms with van der Waals surface area (Å²) in [6, 6.07) is 4.04. The molecule has 0 spiro atoms. The molecule has 28 heavy (non-hydrogen) atoms. The molecule has 0 unspecified atom stereocenters. The minimum absolute atomic E-state index is 0.647. The van der Waals surface area contributed by atoms with Gasteiger partial charge in [-0.05, 0) is 38.0 Å². The topological polar surface area (TPSA) is 68.2 Å². The van der Waals surface area contributed by atoms with Crippen LogP contribution in [-0.2, 0) is 13.0 Å². The second kappa shape index (κ2) is 7.33. The van der Waals surface area contributed by atoms with E-state index >= 15 is 0 Å². The lowest BCUT2D eigenvalue weighted by Crippen LogP contribution is -2.13. The summed E-state index contributed by atoms with van der Waals surface area (Å²) in [6.45, 7) is 6.32. The Kier molecular flexibility index (Phi) is 4.87. The predicted octanol–water partition coefficient (Wildman–Crippen LogP) is 4.05. The Hall–Kier alpha value is -2.77. The quantitative estimate of drug-likeness (QED) is 0.537. The molecule has 4 aromatic rings. The molecule has 0 radical (unpaired) electrons. The Morgan fingerprint density at radius 3 is 2.79 bits per heavy atom. The maximum atomic E-state index is 9.93. The largest absolute Gasteiger partial charge is 0.386 e. The van der Waals surface area contributed by atoms with Crippen LogP contribution in [0.4, 0.5) is 0 Å². The van der Waals surface area contributed by atoms with Gasteiger partial charge in [0.05, 0.1) is 17.8 Å². The number of rotatable bonds is 6. The van der Waals surface area contributed by atoms with Crippen LogP contribution in [0.5, 0.6) is 0 Å². The molecule has 4 rings (SSSR count). The first-order valence-corrected chi connectivity index (χ1v) is 10.1. The standard InChI is InChI=1S/C21H23N5OS/c1-4-17-16(14-25-11-9-22-19(25)20-23-10-12-28-20)24-18-6-5-15(13-26(17)18)7-8-21(2,3)27/h5-13,27H,4,14H2,1-3H3. The summed E-state index contributed by atoms with van der Waals surface area (Å²) in [5.74, 6) is 0.864. The molecule has 6 nitrogen and oxygen atoms in total. The normalized spacial score (nSPS) is 12.4. The van der Waals surface area contributed by atoms with Gasteiger partial charge in [0.1, 0.15) is 5.65 Å². The number of fused-ring (bicyclic) bond motifs is 1. The maximum Gasteiger partial charge on any atom is 0.169 e. The first kappa shape index (κ1) is 18.6. The molecule has 7 heteroatoms. The van der Waals surface area contributed by atoms with E-state index in [1.165, 1.54) is 5.69 Å². The minimum Gasteiger partial charge on any atom is -0.386 e. The Morgan fingerprint density at radius 1 is 1.21 bits per heavy atom. The Morgan fingerprint density at radius 2 is 2.07 bits per heavy atom. The van der Waals surface area contributed by atoms with Crippen molar-refractivity contribution in [1.82, 2.24) is 23.9 Å². The van der Waals surface area contributed by atoms with Crippen LogP contribution in [0.1, 0.15) is 37.7 Å². The molecule has 0 aliphatic rings. The molecule has 0 fully saturated rings. The van der Waals surface area contributed by atoms with E-state index in [1.807, 2.05) is 29.8 Å². The fraction of sp³-hybridized carbons (Fsp3) is 0.286. The molecule has 0 atom stereocenters. The highest BCUT2D eigenvalue weighted by atomic mass is 32.1. The third kappa shape index (κ3) is 3.76. The van der Waals surface area contributed by atoms with Gasteiger partial charge in [-0.2, -0.15) is 0 Å². The van der Waals surface area contributed by atoms with E-state index in [-0.39, 0.29) is 0 Å². The third-order valence-electron chi connectivity index (χ3n) is 4.50. The molecule has 0 amide bonds. The molecule has 0 bridgehead atoms. The van der Waals surface area contributed by atoms with Crippen LogP contribution in [0.2, 0.25) is 0 Å². The van der Waals surface area contributed by atoms with Crippen molar-refractivity contribution in [3.05, 3.63) is 65.3 Å². The number of thiazole rings is 1. The molecule has 0 aliphatic heterocycles. The first-order chi connectivity index (χ1) is 13.4. The summed E-state index contributed by atoms with van der Waals surface area (Å²) in [5.41, 5.74) is 3.31. The maximum absolute atomic E-state index is 9.93. The summed E-state index contributed by atoms with van der Waals surface area (Å²) >= 11 is 1.58. The number of hydrogen-bond acceptors (Lipinski definition) is 5. The van der Waals surface area contributed by atoms with E-state index in [4.69, 9.17) is 4.98 Å². The lowest BCUT2D eigenvalue weighted by Gasteiger charge is -2.10. The van der Waals surface area contributed by atoms with Crippen molar-refractivity contribution in [2.24, 2.45) is 0 Å². The second-order valence-electron chi connectivity index (χ2n) is 7.25. The number of aryl methyl sites for hydroxylation is 1. The summed E-state index contributed by atoms with van der Waals surface area (Å²) in [7, 11) is 0. The summed E-state index contributed by atoms with van der Waals surface area (Å²) < 4.78 is 4.23. The van der Waals surface area contributed by atoms with E-state index in [0.717, 1.165) is 34.2 Å². The predicted molar refractivity (Wildman–Crippen MR) is 112 cm³/mol. The zero-order valence-corrected chi connectivity index (χ0v) is 17.0. The van der Waals surface area contributed by atoms with Gasteiger partial charge < -0.3 is 14.1 Å². The molecule has 144 valence electrons. The van der Waals surface area contributed by atoms with Crippen LogP contribution in [-0.4, -0.2) is 34.6 Å².